The Morgan fingerprint density at radius 3 is 1.75 bits per heavy atom. The Morgan fingerprint density at radius 2 is 1.50 bits per heavy atom. The molecule has 5 heteroatoms. The summed E-state index contributed by atoms with van der Waals surface area (Å²) in [5, 5.41) is 0. The predicted molar refractivity (Wildman–Crippen MR) is 42.1 cm³/mol. The summed E-state index contributed by atoms with van der Waals surface area (Å²) >= 11 is -5.14. The van der Waals surface area contributed by atoms with Gasteiger partial charge in [-0.3, -0.25) is 0 Å². The van der Waals surface area contributed by atoms with Gasteiger partial charge in [-0.05, 0) is 12.1 Å². The molecule has 0 spiro atoms. The van der Waals surface area contributed by atoms with Gasteiger partial charge >= 0.3 is 31.2 Å². The average molecular weight is 280 g/mol. The summed E-state index contributed by atoms with van der Waals surface area (Å²) in [5.74, 6) is 0.910. The van der Waals surface area contributed by atoms with Gasteiger partial charge in [0.15, 0.2) is 0 Å². The Balaban J connectivity index is 0.000000261. The van der Waals surface area contributed by atoms with Crippen molar-refractivity contribution in [3.05, 3.63) is 30.3 Å². The van der Waals surface area contributed by atoms with Crippen molar-refractivity contribution in [2.24, 2.45) is 0 Å². The molecule has 0 amide bonds. The SMILES string of the molecule is COc1ccccc1.[F][In]([F])[F]. The molecule has 12 heavy (non-hydrogen) atoms. The van der Waals surface area contributed by atoms with Crippen LogP contribution in [-0.2, 0) is 0 Å². The van der Waals surface area contributed by atoms with Gasteiger partial charge in [0.2, 0.25) is 0 Å². The number of methoxy groups -OCH3 is 1. The van der Waals surface area contributed by atoms with Gasteiger partial charge in [-0.25, -0.2) is 0 Å². The molecule has 0 radical (unpaired) electrons. The molecule has 0 aromatic heterocycles. The zero-order chi connectivity index (χ0) is 9.40. The second kappa shape index (κ2) is 7.34. The van der Waals surface area contributed by atoms with Crippen LogP contribution >= 0.6 is 0 Å². The fourth-order valence-corrected chi connectivity index (χ4v) is 0.557. The Labute approximate surface area is 79.3 Å². The number of hydrogen-bond donors (Lipinski definition) is 0. The fraction of sp³-hybridized carbons (Fsp3) is 0.143. The van der Waals surface area contributed by atoms with Crippen LogP contribution in [0.3, 0.4) is 0 Å². The molecule has 0 unspecified atom stereocenters. The number of halogens is 3. The van der Waals surface area contributed by atoms with Crippen LogP contribution in [0.1, 0.15) is 0 Å². The molecular weight excluding hydrogens is 272 g/mol. The molecule has 1 nitrogen and oxygen atoms in total. The number of ether oxygens (including phenoxy) is 1. The molecule has 1 aromatic carbocycles. The van der Waals surface area contributed by atoms with Gasteiger partial charge in [0.05, 0.1) is 7.11 Å². The molecule has 0 aliphatic rings. The molecule has 0 aliphatic heterocycles. The van der Waals surface area contributed by atoms with E-state index in [4.69, 9.17) is 4.74 Å². The monoisotopic (exact) mass is 280 g/mol. The van der Waals surface area contributed by atoms with Crippen molar-refractivity contribution in [1.29, 1.82) is 0 Å². The van der Waals surface area contributed by atoms with Gasteiger partial charge < -0.3 is 4.74 Å². The standard InChI is InChI=1S/C7H8O.3FH.In/c1-8-7-5-3-2-4-6-7;;;;/h2-6H,1H3;3*1H;/q;;;;+3/p-3. The van der Waals surface area contributed by atoms with Crippen molar-refractivity contribution in [1.82, 2.24) is 0 Å². The van der Waals surface area contributed by atoms with Crippen molar-refractivity contribution in [2.75, 3.05) is 7.11 Å². The van der Waals surface area contributed by atoms with E-state index in [0.717, 1.165) is 5.75 Å². The van der Waals surface area contributed by atoms with Crippen molar-refractivity contribution in [3.8, 4) is 5.75 Å². The third kappa shape index (κ3) is 7.78. The van der Waals surface area contributed by atoms with Crippen LogP contribution in [-0.4, -0.2) is 30.4 Å². The third-order valence-corrected chi connectivity index (χ3v) is 0.979. The summed E-state index contributed by atoms with van der Waals surface area (Å²) in [4.78, 5) is 0. The van der Waals surface area contributed by atoms with Gasteiger partial charge in [0.25, 0.3) is 0 Å². The molecule has 0 atom stereocenters. The quantitative estimate of drug-likeness (QED) is 0.768. The van der Waals surface area contributed by atoms with Crippen LogP contribution in [0, 0.1) is 0 Å². The van der Waals surface area contributed by atoms with Crippen LogP contribution in [0.5, 0.6) is 5.75 Å². The number of para-hydroxylation sites is 1. The molecule has 1 rings (SSSR count). The molecule has 1 aromatic rings. The minimum atomic E-state index is -5.14. The second-order valence-electron chi connectivity index (χ2n) is 1.76. The summed E-state index contributed by atoms with van der Waals surface area (Å²) in [6.07, 6.45) is 0. The van der Waals surface area contributed by atoms with Crippen molar-refractivity contribution in [3.63, 3.8) is 0 Å². The minimum absolute atomic E-state index is 0.910. The van der Waals surface area contributed by atoms with Gasteiger partial charge in [-0.1, -0.05) is 18.2 Å². The zero-order valence-corrected chi connectivity index (χ0v) is 9.80. The van der Waals surface area contributed by atoms with Crippen molar-refractivity contribution >= 4 is 23.2 Å². The molecule has 0 aliphatic carbocycles. The van der Waals surface area contributed by atoms with Crippen molar-refractivity contribution in [2.45, 2.75) is 0 Å². The Morgan fingerprint density at radius 1 is 1.08 bits per heavy atom. The molecular formula is C7H8F3InO. The first-order valence-corrected chi connectivity index (χ1v) is 6.91. The third-order valence-electron chi connectivity index (χ3n) is 0.979. The molecule has 0 fully saturated rings. The van der Waals surface area contributed by atoms with Gasteiger partial charge in [0.1, 0.15) is 5.75 Å². The van der Waals surface area contributed by atoms with E-state index in [1.807, 2.05) is 30.3 Å². The maximum absolute atomic E-state index is 9.88. The topological polar surface area (TPSA) is 9.23 Å². The summed E-state index contributed by atoms with van der Waals surface area (Å²) in [6, 6.07) is 9.68. The normalized spacial score (nSPS) is 8.00. The van der Waals surface area contributed by atoms with E-state index in [-0.39, 0.29) is 0 Å². The zero-order valence-electron chi connectivity index (χ0n) is 6.51. The summed E-state index contributed by atoms with van der Waals surface area (Å²) in [7, 11) is 1.66. The number of benzene rings is 1. The Bertz CT molecular complexity index is 190. The first-order chi connectivity index (χ1) is 5.66. The van der Waals surface area contributed by atoms with Crippen LogP contribution in [0.15, 0.2) is 30.3 Å². The number of hydrogen-bond acceptors (Lipinski definition) is 1. The molecule has 0 saturated carbocycles. The Hall–Kier alpha value is -0.320. The predicted octanol–water partition coefficient (Wildman–Crippen LogP) is 2.58. The summed E-state index contributed by atoms with van der Waals surface area (Å²) in [5.41, 5.74) is 0. The van der Waals surface area contributed by atoms with Crippen LogP contribution < -0.4 is 4.74 Å². The van der Waals surface area contributed by atoms with Gasteiger partial charge in [-0.2, -0.15) is 0 Å². The van der Waals surface area contributed by atoms with Crippen LogP contribution in [0.25, 0.3) is 0 Å². The van der Waals surface area contributed by atoms with Crippen LogP contribution in [0.4, 0.5) is 7.99 Å². The molecule has 0 bridgehead atoms. The van der Waals surface area contributed by atoms with Crippen LogP contribution in [0.2, 0.25) is 0 Å². The number of rotatable bonds is 1. The molecule has 66 valence electrons. The van der Waals surface area contributed by atoms with E-state index < -0.39 is 23.2 Å². The van der Waals surface area contributed by atoms with E-state index >= 15 is 0 Å². The van der Waals surface area contributed by atoms with Gasteiger partial charge in [-0.15, -0.1) is 0 Å². The van der Waals surface area contributed by atoms with E-state index in [9.17, 15) is 7.99 Å². The first-order valence-electron chi connectivity index (χ1n) is 3.18. The second-order valence-corrected chi connectivity index (χ2v) is 3.18. The first kappa shape index (κ1) is 11.7. The van der Waals surface area contributed by atoms with E-state index in [1.165, 1.54) is 0 Å². The fourth-order valence-electron chi connectivity index (χ4n) is 0.557. The Kier molecular flexibility index (Phi) is 7.14. The molecule has 0 saturated heterocycles. The van der Waals surface area contributed by atoms with E-state index in [2.05, 4.69) is 0 Å². The van der Waals surface area contributed by atoms with E-state index in [1.54, 1.807) is 7.11 Å². The molecule has 0 N–H and O–H groups in total. The molecule has 0 heterocycles. The van der Waals surface area contributed by atoms with E-state index in [0.29, 0.717) is 0 Å². The summed E-state index contributed by atoms with van der Waals surface area (Å²) < 4.78 is 34.5. The van der Waals surface area contributed by atoms with Crippen molar-refractivity contribution < 1.29 is 12.7 Å². The summed E-state index contributed by atoms with van der Waals surface area (Å²) in [6.45, 7) is 0. The van der Waals surface area contributed by atoms with Gasteiger partial charge in [0, 0.05) is 0 Å². The maximum atomic E-state index is 9.88. The average Bonchev–Trinajstić information content (AvgIpc) is 2.05.